The summed E-state index contributed by atoms with van der Waals surface area (Å²) in [6.45, 7) is 3.93. The fraction of sp³-hybridized carbons (Fsp3) is 0.909. The Balaban J connectivity index is 0. The number of hydrogen-bond donors (Lipinski definition) is 1. The zero-order valence-electron chi connectivity index (χ0n) is 11.2. The summed E-state index contributed by atoms with van der Waals surface area (Å²) in [6, 6.07) is 0. The topological polar surface area (TPSA) is 74.7 Å². The summed E-state index contributed by atoms with van der Waals surface area (Å²) >= 11 is 0. The van der Waals surface area contributed by atoms with E-state index in [-0.39, 0.29) is 0 Å². The Morgan fingerprint density at radius 2 is 1.65 bits per heavy atom. The van der Waals surface area contributed by atoms with Gasteiger partial charge in [0.15, 0.2) is 0 Å². The number of rotatable bonds is 7. The number of carbonyl (C=O) groups is 1. The summed E-state index contributed by atoms with van der Waals surface area (Å²) in [5.41, 5.74) is 0. The Kier molecular flexibility index (Phi) is 11.6. The molecule has 0 aromatic carbocycles. The minimum atomic E-state index is -3.80. The molecule has 0 bridgehead atoms. The molecule has 1 N–H and O–H groups in total. The van der Waals surface area contributed by atoms with Crippen molar-refractivity contribution >= 4 is 16.5 Å². The van der Waals surface area contributed by atoms with Crippen LogP contribution in [0.1, 0.15) is 46.0 Å². The fourth-order valence-electron chi connectivity index (χ4n) is 1.20. The molecule has 0 aromatic heterocycles. The largest absolute Gasteiger partial charge is 0.351 e. The first-order valence-corrected chi connectivity index (χ1v) is 7.37. The van der Waals surface area contributed by atoms with Gasteiger partial charge >= 0.3 is 0 Å². The van der Waals surface area contributed by atoms with E-state index in [4.69, 9.17) is 4.55 Å². The van der Waals surface area contributed by atoms with Crippen molar-refractivity contribution in [2.75, 3.05) is 14.1 Å². The molecule has 0 heterocycles. The van der Waals surface area contributed by atoms with Crippen LogP contribution in [-0.2, 0) is 14.9 Å². The molecule has 5 nitrogen and oxygen atoms in total. The van der Waals surface area contributed by atoms with E-state index >= 15 is 0 Å². The second kappa shape index (κ2) is 10.5. The highest BCUT2D eigenvalue weighted by Gasteiger charge is 2.20. The number of carbonyl (C=O) groups excluding carboxylic acids is 1. The maximum Gasteiger partial charge on any atom is 0.267 e. The highest BCUT2D eigenvalue weighted by atomic mass is 32.2. The van der Waals surface area contributed by atoms with E-state index in [2.05, 4.69) is 0 Å². The van der Waals surface area contributed by atoms with E-state index in [1.807, 2.05) is 13.8 Å². The Bertz CT molecular complexity index is 275. The van der Waals surface area contributed by atoms with Gasteiger partial charge in [-0.25, -0.2) is 0 Å². The predicted octanol–water partition coefficient (Wildman–Crippen LogP) is 1.94. The first kappa shape index (κ1) is 18.7. The first-order chi connectivity index (χ1) is 7.79. The monoisotopic (exact) mass is 267 g/mol. The standard InChI is InChI=1S/C8H18O3S.C3H7NO/c1-3-5-7-8(6-4-2)12(9,10)11;1-4(2)3-5/h8H,3-7H2,1-2H3,(H,9,10,11);3H,1-2H3. The van der Waals surface area contributed by atoms with Crippen LogP contribution in [0, 0.1) is 0 Å². The minimum absolute atomic E-state index is 0.539. The SMILES string of the molecule is CCCCC(CCC)S(=O)(=O)O.CN(C)C=O. The van der Waals surface area contributed by atoms with Crippen molar-refractivity contribution in [1.29, 1.82) is 0 Å². The lowest BCUT2D eigenvalue weighted by Crippen LogP contribution is -2.20. The van der Waals surface area contributed by atoms with Crippen molar-refractivity contribution in [3.63, 3.8) is 0 Å². The smallest absolute Gasteiger partial charge is 0.267 e. The molecular weight excluding hydrogens is 242 g/mol. The number of nitrogens with zero attached hydrogens (tertiary/aromatic N) is 1. The average Bonchev–Trinajstić information content (AvgIpc) is 2.23. The number of unbranched alkanes of at least 4 members (excludes halogenated alkanes) is 1. The van der Waals surface area contributed by atoms with E-state index in [0.717, 1.165) is 25.7 Å². The lowest BCUT2D eigenvalue weighted by Gasteiger charge is -2.11. The van der Waals surface area contributed by atoms with Crippen molar-refractivity contribution in [2.45, 2.75) is 51.2 Å². The van der Waals surface area contributed by atoms with Gasteiger partial charge in [-0.3, -0.25) is 9.35 Å². The molecule has 0 aliphatic rings. The highest BCUT2D eigenvalue weighted by molar-refractivity contribution is 7.86. The van der Waals surface area contributed by atoms with E-state index in [1.165, 1.54) is 4.90 Å². The Morgan fingerprint density at radius 3 is 1.88 bits per heavy atom. The number of amides is 1. The van der Waals surface area contributed by atoms with Gasteiger partial charge in [0.1, 0.15) is 0 Å². The van der Waals surface area contributed by atoms with Gasteiger partial charge in [0.25, 0.3) is 10.1 Å². The Hall–Kier alpha value is -0.620. The maximum absolute atomic E-state index is 10.8. The molecule has 0 saturated carbocycles. The summed E-state index contributed by atoms with van der Waals surface area (Å²) in [5, 5.41) is -0.539. The van der Waals surface area contributed by atoms with E-state index < -0.39 is 15.4 Å². The van der Waals surface area contributed by atoms with Gasteiger partial charge in [-0.15, -0.1) is 0 Å². The van der Waals surface area contributed by atoms with Crippen molar-refractivity contribution in [2.24, 2.45) is 0 Å². The van der Waals surface area contributed by atoms with Crippen LogP contribution in [0.3, 0.4) is 0 Å². The van der Waals surface area contributed by atoms with Crippen molar-refractivity contribution in [3.05, 3.63) is 0 Å². The molecule has 0 aromatic rings. The molecule has 0 radical (unpaired) electrons. The van der Waals surface area contributed by atoms with Gasteiger partial charge in [0.05, 0.1) is 5.25 Å². The normalized spacial score (nSPS) is 12.3. The van der Waals surface area contributed by atoms with Crippen LogP contribution >= 0.6 is 0 Å². The highest BCUT2D eigenvalue weighted by Crippen LogP contribution is 2.14. The molecule has 0 spiro atoms. The first-order valence-electron chi connectivity index (χ1n) is 5.87. The van der Waals surface area contributed by atoms with E-state index in [9.17, 15) is 13.2 Å². The third kappa shape index (κ3) is 13.3. The summed E-state index contributed by atoms with van der Waals surface area (Å²) in [6.07, 6.45) is 4.54. The molecule has 1 unspecified atom stereocenters. The maximum atomic E-state index is 10.8. The number of hydrogen-bond acceptors (Lipinski definition) is 3. The zero-order valence-corrected chi connectivity index (χ0v) is 12.0. The second-order valence-electron chi connectivity index (χ2n) is 4.14. The Morgan fingerprint density at radius 1 is 1.18 bits per heavy atom. The molecule has 0 fully saturated rings. The van der Waals surface area contributed by atoms with Gasteiger partial charge in [-0.1, -0.05) is 33.1 Å². The molecule has 0 aliphatic carbocycles. The predicted molar refractivity (Wildman–Crippen MR) is 69.5 cm³/mol. The van der Waals surface area contributed by atoms with Crippen molar-refractivity contribution in [3.8, 4) is 0 Å². The third-order valence-electron chi connectivity index (χ3n) is 2.12. The van der Waals surface area contributed by atoms with Crippen LogP contribution in [-0.4, -0.2) is 43.6 Å². The summed E-state index contributed by atoms with van der Waals surface area (Å²) in [4.78, 5) is 10.9. The van der Waals surface area contributed by atoms with Crippen LogP contribution in [0.5, 0.6) is 0 Å². The molecule has 1 amide bonds. The van der Waals surface area contributed by atoms with Crippen molar-refractivity contribution < 1.29 is 17.8 Å². The van der Waals surface area contributed by atoms with E-state index in [0.29, 0.717) is 12.8 Å². The second-order valence-corrected chi connectivity index (χ2v) is 5.83. The summed E-state index contributed by atoms with van der Waals surface area (Å²) < 4.78 is 30.4. The third-order valence-corrected chi connectivity index (χ3v) is 3.44. The molecule has 0 saturated heterocycles. The molecule has 104 valence electrons. The lowest BCUT2D eigenvalue weighted by molar-refractivity contribution is -0.115. The summed E-state index contributed by atoms with van der Waals surface area (Å²) in [7, 11) is -0.424. The van der Waals surface area contributed by atoms with Crippen LogP contribution in [0.25, 0.3) is 0 Å². The van der Waals surface area contributed by atoms with Gasteiger partial charge in [-0.2, -0.15) is 8.42 Å². The van der Waals surface area contributed by atoms with Gasteiger partial charge in [0.2, 0.25) is 6.41 Å². The molecule has 6 heteroatoms. The molecule has 0 aliphatic heterocycles. The van der Waals surface area contributed by atoms with Gasteiger partial charge in [-0.05, 0) is 12.8 Å². The summed E-state index contributed by atoms with van der Waals surface area (Å²) in [5.74, 6) is 0. The molecule has 0 rings (SSSR count). The minimum Gasteiger partial charge on any atom is -0.351 e. The molecule has 17 heavy (non-hydrogen) atoms. The lowest BCUT2D eigenvalue weighted by atomic mass is 10.1. The quantitative estimate of drug-likeness (QED) is 0.565. The van der Waals surface area contributed by atoms with Gasteiger partial charge < -0.3 is 4.90 Å². The molecular formula is C11H25NO4S. The van der Waals surface area contributed by atoms with Gasteiger partial charge in [0, 0.05) is 14.1 Å². The van der Waals surface area contributed by atoms with E-state index in [1.54, 1.807) is 14.1 Å². The van der Waals surface area contributed by atoms with Crippen LogP contribution in [0.4, 0.5) is 0 Å². The Labute approximate surface area is 105 Å². The average molecular weight is 267 g/mol. The van der Waals surface area contributed by atoms with Crippen molar-refractivity contribution in [1.82, 2.24) is 4.90 Å². The van der Waals surface area contributed by atoms with Crippen LogP contribution in [0.15, 0.2) is 0 Å². The fourth-order valence-corrected chi connectivity index (χ4v) is 2.19. The zero-order chi connectivity index (χ0) is 13.9. The van der Waals surface area contributed by atoms with Crippen LogP contribution in [0.2, 0.25) is 0 Å². The molecule has 1 atom stereocenters. The van der Waals surface area contributed by atoms with Crippen LogP contribution < -0.4 is 0 Å².